The van der Waals surface area contributed by atoms with E-state index < -0.39 is 0 Å². The summed E-state index contributed by atoms with van der Waals surface area (Å²) in [5.41, 5.74) is 6.52. The molecule has 0 aliphatic carbocycles. The minimum Gasteiger partial charge on any atom is -0.439 e. The van der Waals surface area contributed by atoms with Crippen LogP contribution in [0.15, 0.2) is 88.7 Å². The van der Waals surface area contributed by atoms with Gasteiger partial charge in [-0.3, -0.25) is 0 Å². The second-order valence-electron chi connectivity index (χ2n) is 11.0. The van der Waals surface area contributed by atoms with Gasteiger partial charge in [0.25, 0.3) is 5.52 Å². The highest BCUT2D eigenvalue weighted by Gasteiger charge is 2.27. The fourth-order valence-corrected chi connectivity index (χ4v) is 5.19. The molecule has 39 heavy (non-hydrogen) atoms. The summed E-state index contributed by atoms with van der Waals surface area (Å²) in [4.78, 5) is 2.16. The predicted octanol–water partition coefficient (Wildman–Crippen LogP) is 7.69. The van der Waals surface area contributed by atoms with Crippen molar-refractivity contribution >= 4 is 34.5 Å². The molecule has 5 nitrogen and oxygen atoms in total. The van der Waals surface area contributed by atoms with Crippen molar-refractivity contribution in [3.63, 3.8) is 0 Å². The van der Waals surface area contributed by atoms with E-state index in [9.17, 15) is 0 Å². The molecule has 0 atom stereocenters. The molecule has 3 aromatic carbocycles. The molecular formula is C33H38ClN3O2+2. The molecule has 6 heteroatoms. The molecule has 0 radical (unpaired) electrons. The summed E-state index contributed by atoms with van der Waals surface area (Å²) in [5.74, 6) is 2.49. The van der Waals surface area contributed by atoms with Gasteiger partial charge in [-0.1, -0.05) is 54.9 Å². The Bertz CT molecular complexity index is 1530. The Balaban J connectivity index is 1.55. The number of anilines is 1. The molecule has 1 aromatic heterocycles. The summed E-state index contributed by atoms with van der Waals surface area (Å²) in [6.07, 6.45) is 6.17. The summed E-state index contributed by atoms with van der Waals surface area (Å²) < 4.78 is 16.0. The maximum atomic E-state index is 6.48. The van der Waals surface area contributed by atoms with Crippen LogP contribution in [0.4, 0.5) is 5.69 Å². The van der Waals surface area contributed by atoms with Gasteiger partial charge in [-0.05, 0) is 54.3 Å². The number of nitrogens with zero attached hydrogens (tertiary/aromatic N) is 3. The van der Waals surface area contributed by atoms with Crippen molar-refractivity contribution in [2.24, 2.45) is 0 Å². The summed E-state index contributed by atoms with van der Waals surface area (Å²) in [5, 5.41) is 0.704. The lowest BCUT2D eigenvalue weighted by Gasteiger charge is -2.22. The molecule has 0 N–H and O–H groups in total. The first-order chi connectivity index (χ1) is 18.8. The molecule has 0 saturated carbocycles. The first kappa shape index (κ1) is 27.0. The molecule has 0 saturated heterocycles. The maximum Gasteiger partial charge on any atom is 0.374 e. The van der Waals surface area contributed by atoms with Crippen LogP contribution in [0.3, 0.4) is 0 Å². The Morgan fingerprint density at radius 3 is 2.49 bits per heavy atom. The van der Waals surface area contributed by atoms with Crippen LogP contribution in [0.5, 0.6) is 5.75 Å². The minimum absolute atomic E-state index is 0.704. The van der Waals surface area contributed by atoms with Crippen LogP contribution >= 0.6 is 11.6 Å². The average Bonchev–Trinajstić information content (AvgIpc) is 3.44. The molecule has 0 fully saturated rings. The van der Waals surface area contributed by atoms with E-state index in [1.165, 1.54) is 11.1 Å². The molecule has 202 valence electrons. The Morgan fingerprint density at radius 2 is 1.77 bits per heavy atom. The van der Waals surface area contributed by atoms with E-state index in [2.05, 4.69) is 105 Å². The molecular weight excluding hydrogens is 506 g/mol. The van der Waals surface area contributed by atoms with Gasteiger partial charge in [0.1, 0.15) is 0 Å². The van der Waals surface area contributed by atoms with E-state index >= 15 is 0 Å². The van der Waals surface area contributed by atoms with Crippen molar-refractivity contribution in [2.45, 2.75) is 33.2 Å². The van der Waals surface area contributed by atoms with Gasteiger partial charge in [-0.2, -0.15) is 4.57 Å². The quantitative estimate of drug-likeness (QED) is 0.160. The number of quaternary nitrogens is 1. The van der Waals surface area contributed by atoms with Crippen LogP contribution in [0.25, 0.3) is 28.3 Å². The normalized spacial score (nSPS) is 14.8. The number of fused-ring (bicyclic) bond motifs is 2. The second kappa shape index (κ2) is 11.3. The number of benzene rings is 3. The van der Waals surface area contributed by atoms with Crippen LogP contribution in [0.1, 0.15) is 32.6 Å². The highest BCUT2D eigenvalue weighted by atomic mass is 35.5. The summed E-state index contributed by atoms with van der Waals surface area (Å²) >= 11 is 6.28. The molecule has 4 aromatic rings. The van der Waals surface area contributed by atoms with E-state index in [0.29, 0.717) is 5.02 Å². The Hall–Kier alpha value is -3.54. The van der Waals surface area contributed by atoms with Gasteiger partial charge in [0, 0.05) is 23.7 Å². The monoisotopic (exact) mass is 543 g/mol. The molecule has 0 bridgehead atoms. The number of halogens is 1. The second-order valence-corrected chi connectivity index (χ2v) is 11.5. The van der Waals surface area contributed by atoms with Crippen molar-refractivity contribution in [1.29, 1.82) is 0 Å². The Labute approximate surface area is 236 Å². The zero-order valence-corrected chi connectivity index (χ0v) is 24.3. The third kappa shape index (κ3) is 6.05. The summed E-state index contributed by atoms with van der Waals surface area (Å²) in [6.45, 7) is 7.02. The van der Waals surface area contributed by atoms with Crippen LogP contribution in [-0.4, -0.2) is 38.7 Å². The SMILES string of the molecule is CCC(/C=C1\Oc2ccc(Cl)cc2N1CC)=C\c1oc2ccc(-c3ccccc3)cc2[n+]1CCC[N+](C)(C)C. The van der Waals surface area contributed by atoms with Crippen molar-refractivity contribution in [2.75, 3.05) is 39.1 Å². The van der Waals surface area contributed by atoms with Crippen molar-refractivity contribution in [1.82, 2.24) is 0 Å². The zero-order valence-electron chi connectivity index (χ0n) is 23.6. The number of oxazole rings is 1. The van der Waals surface area contributed by atoms with Gasteiger partial charge in [-0.15, -0.1) is 0 Å². The lowest BCUT2D eigenvalue weighted by molar-refractivity contribution is -0.873. The van der Waals surface area contributed by atoms with E-state index in [0.717, 1.165) is 76.8 Å². The molecule has 1 aliphatic rings. The molecule has 0 spiro atoms. The average molecular weight is 544 g/mol. The van der Waals surface area contributed by atoms with E-state index in [1.54, 1.807) is 0 Å². The lowest BCUT2D eigenvalue weighted by Crippen LogP contribution is -2.41. The summed E-state index contributed by atoms with van der Waals surface area (Å²) in [6, 6.07) is 22.8. The van der Waals surface area contributed by atoms with Crippen LogP contribution in [0.2, 0.25) is 5.02 Å². The van der Waals surface area contributed by atoms with Gasteiger partial charge in [0.2, 0.25) is 11.5 Å². The van der Waals surface area contributed by atoms with E-state index in [1.807, 2.05) is 18.2 Å². The fourth-order valence-electron chi connectivity index (χ4n) is 5.02. The maximum absolute atomic E-state index is 6.48. The van der Waals surface area contributed by atoms with Gasteiger partial charge < -0.3 is 18.5 Å². The van der Waals surface area contributed by atoms with Gasteiger partial charge in [0.05, 0.1) is 45.9 Å². The predicted molar refractivity (Wildman–Crippen MR) is 161 cm³/mol. The standard InChI is InChI=1S/C33H38ClN3O2/c1-6-24(20-32-35(7-2)29-23-27(34)15-17-31(29)38-32)21-33-36(18-11-19-37(3,4)5)28-22-26(14-16-30(28)39-33)25-12-9-8-10-13-25/h8-10,12-17,20-23H,6-7,11,18-19H2,1-5H3/q+2. The largest absolute Gasteiger partial charge is 0.439 e. The van der Waals surface area contributed by atoms with Crippen LogP contribution < -0.4 is 14.2 Å². The molecule has 0 amide bonds. The first-order valence-electron chi connectivity index (χ1n) is 13.7. The Morgan fingerprint density at radius 1 is 0.974 bits per heavy atom. The first-order valence-corrected chi connectivity index (χ1v) is 14.1. The number of aryl methyl sites for hydroxylation is 1. The molecule has 2 heterocycles. The number of allylic oxidation sites excluding steroid dienone is 2. The zero-order chi connectivity index (χ0) is 27.6. The van der Waals surface area contributed by atoms with E-state index in [-0.39, 0.29) is 0 Å². The molecule has 5 rings (SSSR count). The third-order valence-corrected chi connectivity index (χ3v) is 7.32. The number of aromatic nitrogens is 1. The number of hydrogen-bond acceptors (Lipinski definition) is 3. The van der Waals surface area contributed by atoms with Crippen LogP contribution in [0, 0.1) is 0 Å². The molecule has 1 aliphatic heterocycles. The number of rotatable bonds is 9. The number of ether oxygens (including phenoxy) is 1. The smallest absolute Gasteiger partial charge is 0.374 e. The summed E-state index contributed by atoms with van der Waals surface area (Å²) in [7, 11) is 6.71. The topological polar surface area (TPSA) is 29.5 Å². The van der Waals surface area contributed by atoms with E-state index in [4.69, 9.17) is 20.8 Å². The van der Waals surface area contributed by atoms with Crippen molar-refractivity contribution in [3.05, 3.63) is 95.2 Å². The highest BCUT2D eigenvalue weighted by Crippen LogP contribution is 2.41. The van der Waals surface area contributed by atoms with Crippen molar-refractivity contribution < 1.29 is 18.2 Å². The lowest BCUT2D eigenvalue weighted by atomic mass is 10.1. The van der Waals surface area contributed by atoms with Gasteiger partial charge >= 0.3 is 5.89 Å². The highest BCUT2D eigenvalue weighted by molar-refractivity contribution is 6.31. The van der Waals surface area contributed by atoms with Gasteiger partial charge in [0.15, 0.2) is 12.3 Å². The fraction of sp³-hybridized carbons (Fsp3) is 0.303. The van der Waals surface area contributed by atoms with Crippen molar-refractivity contribution in [3.8, 4) is 16.9 Å². The third-order valence-electron chi connectivity index (χ3n) is 7.08. The van der Waals surface area contributed by atoms with Crippen LogP contribution in [-0.2, 0) is 6.54 Å². The number of hydrogen-bond donors (Lipinski definition) is 0. The Kier molecular flexibility index (Phi) is 7.83. The van der Waals surface area contributed by atoms with Gasteiger partial charge in [-0.25, -0.2) is 0 Å². The minimum atomic E-state index is 0.704. The molecule has 0 unspecified atom stereocenters.